The van der Waals surface area contributed by atoms with Gasteiger partial charge in [0.15, 0.2) is 0 Å². The normalized spacial score (nSPS) is 10.5. The Balaban J connectivity index is 1.90. The van der Waals surface area contributed by atoms with Crippen LogP contribution < -0.4 is 0 Å². The minimum absolute atomic E-state index is 0.673. The lowest BCUT2D eigenvalue weighted by Gasteiger charge is -2.12. The number of carbonyl (C=O) groups excluding carboxylic acids is 1. The van der Waals surface area contributed by atoms with E-state index in [1.165, 1.54) is 0 Å². The van der Waals surface area contributed by atoms with E-state index < -0.39 is 0 Å². The molecule has 0 spiro atoms. The smallest absolute Gasteiger partial charge is 0.150 e. The molecule has 0 N–H and O–H groups in total. The van der Waals surface area contributed by atoms with Gasteiger partial charge in [-0.2, -0.15) is 0 Å². The summed E-state index contributed by atoms with van der Waals surface area (Å²) in [4.78, 5) is 15.7. The van der Waals surface area contributed by atoms with Gasteiger partial charge in [0.05, 0.1) is 5.69 Å². The predicted octanol–water partition coefficient (Wildman–Crippen LogP) is 5.90. The van der Waals surface area contributed by atoms with Gasteiger partial charge in [-0.15, -0.1) is 0 Å². The van der Waals surface area contributed by atoms with Crippen LogP contribution in [-0.2, 0) is 0 Å². The molecule has 2 nitrogen and oxygen atoms in total. The quantitative estimate of drug-likeness (QED) is 0.435. The minimum atomic E-state index is 0.673. The molecule has 1 heterocycles. The lowest BCUT2D eigenvalue weighted by molar-refractivity contribution is 0.112. The molecule has 1 aromatic heterocycles. The summed E-state index contributed by atoms with van der Waals surface area (Å²) in [5, 5.41) is 0. The zero-order valence-electron chi connectivity index (χ0n) is 14.2. The van der Waals surface area contributed by atoms with Crippen molar-refractivity contribution in [1.82, 2.24) is 4.98 Å². The Morgan fingerprint density at radius 2 is 1.19 bits per heavy atom. The largest absolute Gasteiger partial charge is 0.298 e. The maximum atomic E-state index is 11.0. The van der Waals surface area contributed by atoms with Crippen molar-refractivity contribution < 1.29 is 4.79 Å². The van der Waals surface area contributed by atoms with Crippen LogP contribution in [0.4, 0.5) is 0 Å². The van der Waals surface area contributed by atoms with E-state index in [9.17, 15) is 4.79 Å². The average Bonchev–Trinajstić information content (AvgIpc) is 2.75. The molecule has 0 aliphatic carbocycles. The van der Waals surface area contributed by atoms with Gasteiger partial charge in [-0.25, -0.2) is 0 Å². The number of rotatable bonds is 4. The topological polar surface area (TPSA) is 30.0 Å². The van der Waals surface area contributed by atoms with Crippen molar-refractivity contribution in [2.24, 2.45) is 0 Å². The van der Waals surface area contributed by atoms with E-state index in [0.29, 0.717) is 5.56 Å². The zero-order chi connectivity index (χ0) is 17.8. The third-order valence-electron chi connectivity index (χ3n) is 4.42. The summed E-state index contributed by atoms with van der Waals surface area (Å²) in [5.41, 5.74) is 7.04. The van der Waals surface area contributed by atoms with Gasteiger partial charge >= 0.3 is 0 Å². The summed E-state index contributed by atoms with van der Waals surface area (Å²) in [5.74, 6) is 0. The Hall–Kier alpha value is -3.52. The standard InChI is InChI=1S/C24H17NO/c26-17-18-11-13-20(14-12-18)22-15-24(21-9-5-2-6-10-21)25-16-23(22)19-7-3-1-4-8-19/h1-17H. The first-order valence-corrected chi connectivity index (χ1v) is 8.51. The fourth-order valence-electron chi connectivity index (χ4n) is 3.05. The third kappa shape index (κ3) is 3.17. The molecule has 0 amide bonds. The highest BCUT2D eigenvalue weighted by Gasteiger charge is 2.11. The Kier molecular flexibility index (Phi) is 4.40. The first kappa shape index (κ1) is 16.0. The summed E-state index contributed by atoms with van der Waals surface area (Å²) < 4.78 is 0. The van der Waals surface area contributed by atoms with Crippen LogP contribution in [0.3, 0.4) is 0 Å². The fraction of sp³-hybridized carbons (Fsp3) is 0. The van der Waals surface area contributed by atoms with Gasteiger partial charge in [-0.05, 0) is 22.8 Å². The second kappa shape index (κ2) is 7.16. The molecule has 4 aromatic rings. The van der Waals surface area contributed by atoms with Crippen molar-refractivity contribution in [1.29, 1.82) is 0 Å². The molecule has 2 heteroatoms. The molecule has 0 atom stereocenters. The van der Waals surface area contributed by atoms with Crippen molar-refractivity contribution in [3.05, 3.63) is 103 Å². The second-order valence-corrected chi connectivity index (χ2v) is 6.09. The van der Waals surface area contributed by atoms with E-state index >= 15 is 0 Å². The van der Waals surface area contributed by atoms with Gasteiger partial charge in [0.25, 0.3) is 0 Å². The number of aldehydes is 1. The Morgan fingerprint density at radius 1 is 0.615 bits per heavy atom. The summed E-state index contributed by atoms with van der Waals surface area (Å²) in [6, 6.07) is 30.2. The van der Waals surface area contributed by atoms with Crippen LogP contribution in [-0.4, -0.2) is 11.3 Å². The number of benzene rings is 3. The molecule has 26 heavy (non-hydrogen) atoms. The number of hydrogen-bond donors (Lipinski definition) is 0. The van der Waals surface area contributed by atoms with E-state index in [1.807, 2.05) is 66.9 Å². The van der Waals surface area contributed by atoms with Crippen molar-refractivity contribution in [3.63, 3.8) is 0 Å². The lowest BCUT2D eigenvalue weighted by atomic mass is 9.94. The number of aromatic nitrogens is 1. The van der Waals surface area contributed by atoms with Crippen LogP contribution in [0.2, 0.25) is 0 Å². The van der Waals surface area contributed by atoms with Crippen LogP contribution in [0, 0.1) is 0 Å². The highest BCUT2D eigenvalue weighted by atomic mass is 16.1. The van der Waals surface area contributed by atoms with E-state index in [2.05, 4.69) is 35.3 Å². The first-order chi connectivity index (χ1) is 12.8. The van der Waals surface area contributed by atoms with Crippen LogP contribution in [0.25, 0.3) is 33.5 Å². The predicted molar refractivity (Wildman–Crippen MR) is 106 cm³/mol. The molecular weight excluding hydrogens is 318 g/mol. The molecule has 0 aliphatic heterocycles. The van der Waals surface area contributed by atoms with Crippen LogP contribution in [0.5, 0.6) is 0 Å². The van der Waals surface area contributed by atoms with E-state index in [4.69, 9.17) is 0 Å². The molecule has 0 radical (unpaired) electrons. The highest BCUT2D eigenvalue weighted by Crippen LogP contribution is 2.34. The molecule has 0 fully saturated rings. The summed E-state index contributed by atoms with van der Waals surface area (Å²) in [7, 11) is 0. The Bertz CT molecular complexity index is 1020. The first-order valence-electron chi connectivity index (χ1n) is 8.51. The Labute approximate surface area is 152 Å². The molecule has 0 bridgehead atoms. The number of pyridine rings is 1. The molecular formula is C24H17NO. The fourth-order valence-corrected chi connectivity index (χ4v) is 3.05. The van der Waals surface area contributed by atoms with Crippen molar-refractivity contribution in [2.45, 2.75) is 0 Å². The third-order valence-corrected chi connectivity index (χ3v) is 4.42. The monoisotopic (exact) mass is 335 g/mol. The van der Waals surface area contributed by atoms with E-state index in [0.717, 1.165) is 39.8 Å². The summed E-state index contributed by atoms with van der Waals surface area (Å²) in [6.07, 6.45) is 2.80. The second-order valence-electron chi connectivity index (χ2n) is 6.09. The number of nitrogens with zero attached hydrogens (tertiary/aromatic N) is 1. The number of hydrogen-bond acceptors (Lipinski definition) is 2. The average molecular weight is 335 g/mol. The summed E-state index contributed by atoms with van der Waals surface area (Å²) >= 11 is 0. The van der Waals surface area contributed by atoms with E-state index in [1.54, 1.807) is 0 Å². The highest BCUT2D eigenvalue weighted by molar-refractivity contribution is 5.86. The maximum absolute atomic E-state index is 11.0. The van der Waals surface area contributed by atoms with Crippen molar-refractivity contribution in [2.75, 3.05) is 0 Å². The van der Waals surface area contributed by atoms with Gasteiger partial charge in [0.2, 0.25) is 0 Å². The number of carbonyl (C=O) groups is 1. The van der Waals surface area contributed by atoms with Crippen molar-refractivity contribution in [3.8, 4) is 33.5 Å². The molecule has 4 rings (SSSR count). The molecule has 3 aromatic carbocycles. The molecule has 0 saturated carbocycles. The Morgan fingerprint density at radius 3 is 1.81 bits per heavy atom. The van der Waals surface area contributed by atoms with Gasteiger partial charge in [0.1, 0.15) is 6.29 Å². The van der Waals surface area contributed by atoms with Gasteiger partial charge < -0.3 is 0 Å². The van der Waals surface area contributed by atoms with Crippen LogP contribution in [0.15, 0.2) is 97.2 Å². The van der Waals surface area contributed by atoms with Gasteiger partial charge in [0, 0.05) is 22.9 Å². The zero-order valence-corrected chi connectivity index (χ0v) is 14.2. The van der Waals surface area contributed by atoms with Crippen LogP contribution >= 0.6 is 0 Å². The van der Waals surface area contributed by atoms with Crippen LogP contribution in [0.1, 0.15) is 10.4 Å². The molecule has 124 valence electrons. The summed E-state index contributed by atoms with van der Waals surface area (Å²) in [6.45, 7) is 0. The SMILES string of the molecule is O=Cc1ccc(-c2cc(-c3ccccc3)ncc2-c2ccccc2)cc1. The molecule has 0 unspecified atom stereocenters. The lowest BCUT2D eigenvalue weighted by Crippen LogP contribution is -1.91. The minimum Gasteiger partial charge on any atom is -0.298 e. The van der Waals surface area contributed by atoms with Crippen molar-refractivity contribution >= 4 is 6.29 Å². The van der Waals surface area contributed by atoms with Gasteiger partial charge in [-0.1, -0.05) is 84.9 Å². The molecule has 0 aliphatic rings. The molecule has 0 saturated heterocycles. The van der Waals surface area contributed by atoms with Gasteiger partial charge in [-0.3, -0.25) is 9.78 Å². The van der Waals surface area contributed by atoms with E-state index in [-0.39, 0.29) is 0 Å². The maximum Gasteiger partial charge on any atom is 0.150 e.